The Balaban J connectivity index is 2.63. The lowest BCUT2D eigenvalue weighted by Crippen LogP contribution is -1.90. The van der Waals surface area contributed by atoms with Gasteiger partial charge in [-0.1, -0.05) is 43.7 Å². The Labute approximate surface area is 79.1 Å². The predicted octanol–water partition coefficient (Wildman–Crippen LogP) is 2.79. The molecule has 0 N–H and O–H groups in total. The number of hydrogen-bond donors (Lipinski definition) is 0. The molecule has 0 aromatic heterocycles. The molecule has 1 aromatic rings. The highest BCUT2D eigenvalue weighted by atomic mass is 16.1. The molecular formula is C12H14O. The van der Waals surface area contributed by atoms with Crippen LogP contribution in [0.15, 0.2) is 35.9 Å². The summed E-state index contributed by atoms with van der Waals surface area (Å²) in [4.78, 5) is 10.5. The van der Waals surface area contributed by atoms with E-state index in [2.05, 4.69) is 6.92 Å². The van der Waals surface area contributed by atoms with Gasteiger partial charge in [0.25, 0.3) is 0 Å². The van der Waals surface area contributed by atoms with Crippen molar-refractivity contribution in [2.24, 2.45) is 0 Å². The third-order valence-corrected chi connectivity index (χ3v) is 1.96. The second kappa shape index (κ2) is 5.34. The average molecular weight is 174 g/mol. The normalized spacial score (nSPS) is 9.31. The van der Waals surface area contributed by atoms with Crippen LogP contribution in [0.5, 0.6) is 0 Å². The maximum absolute atomic E-state index is 10.5. The van der Waals surface area contributed by atoms with Gasteiger partial charge in [0.05, 0.1) is 0 Å². The third-order valence-electron chi connectivity index (χ3n) is 1.96. The first-order valence-electron chi connectivity index (χ1n) is 4.63. The number of hydrogen-bond acceptors (Lipinski definition) is 1. The van der Waals surface area contributed by atoms with Gasteiger partial charge >= 0.3 is 0 Å². The van der Waals surface area contributed by atoms with E-state index in [1.165, 1.54) is 5.56 Å². The highest BCUT2D eigenvalue weighted by Gasteiger charge is 1.98. The Morgan fingerprint density at radius 3 is 2.54 bits per heavy atom. The minimum Gasteiger partial charge on any atom is -0.234 e. The zero-order chi connectivity index (χ0) is 9.52. The van der Waals surface area contributed by atoms with Gasteiger partial charge in [-0.2, -0.15) is 0 Å². The summed E-state index contributed by atoms with van der Waals surface area (Å²) in [5.74, 6) is 2.02. The summed E-state index contributed by atoms with van der Waals surface area (Å²) in [5, 5.41) is 0. The van der Waals surface area contributed by atoms with Gasteiger partial charge in [0.2, 0.25) is 0 Å². The highest BCUT2D eigenvalue weighted by molar-refractivity contribution is 5.53. The van der Waals surface area contributed by atoms with E-state index in [4.69, 9.17) is 0 Å². The van der Waals surface area contributed by atoms with Gasteiger partial charge in [0, 0.05) is 12.0 Å². The molecule has 0 radical (unpaired) electrons. The van der Waals surface area contributed by atoms with E-state index >= 15 is 0 Å². The van der Waals surface area contributed by atoms with E-state index in [-0.39, 0.29) is 0 Å². The summed E-state index contributed by atoms with van der Waals surface area (Å²) < 4.78 is 0. The van der Waals surface area contributed by atoms with Crippen LogP contribution in [0.4, 0.5) is 0 Å². The number of carbonyl (C=O) groups excluding carboxylic acids is 1. The van der Waals surface area contributed by atoms with Crippen LogP contribution in [-0.4, -0.2) is 5.94 Å². The number of allylic oxidation sites excluding steroid dienone is 1. The van der Waals surface area contributed by atoms with Crippen molar-refractivity contribution >= 4 is 5.94 Å². The first-order chi connectivity index (χ1) is 6.36. The van der Waals surface area contributed by atoms with E-state index in [0.717, 1.165) is 24.8 Å². The lowest BCUT2D eigenvalue weighted by Gasteiger charge is -2.00. The minimum absolute atomic E-state index is 0.748. The van der Waals surface area contributed by atoms with E-state index in [1.54, 1.807) is 0 Å². The van der Waals surface area contributed by atoms with Gasteiger partial charge in [-0.25, -0.2) is 4.79 Å². The van der Waals surface area contributed by atoms with Crippen LogP contribution < -0.4 is 0 Å². The molecule has 0 unspecified atom stereocenters. The molecule has 1 aromatic carbocycles. The molecule has 0 bridgehead atoms. The maximum atomic E-state index is 10.5. The Morgan fingerprint density at radius 1 is 1.31 bits per heavy atom. The van der Waals surface area contributed by atoms with Crippen molar-refractivity contribution in [1.82, 2.24) is 0 Å². The van der Waals surface area contributed by atoms with Crippen molar-refractivity contribution in [3.8, 4) is 0 Å². The summed E-state index contributed by atoms with van der Waals surface area (Å²) in [5.41, 5.74) is 2.06. The summed E-state index contributed by atoms with van der Waals surface area (Å²) in [6.45, 7) is 2.07. The molecule has 13 heavy (non-hydrogen) atoms. The molecule has 1 rings (SSSR count). The fourth-order valence-corrected chi connectivity index (χ4v) is 1.32. The molecule has 0 atom stereocenters. The van der Waals surface area contributed by atoms with Crippen LogP contribution in [0.1, 0.15) is 25.3 Å². The standard InChI is InChI=1S/C12H14O/c1-2-6-12(10-13)9-11-7-4-3-5-8-11/h3-5,7-8H,2,6,9H2,1H3. The molecule has 0 aliphatic carbocycles. The Bertz CT molecular complexity index is 294. The predicted molar refractivity (Wildman–Crippen MR) is 54.3 cm³/mol. The first-order valence-corrected chi connectivity index (χ1v) is 4.63. The van der Waals surface area contributed by atoms with Crippen molar-refractivity contribution in [3.63, 3.8) is 0 Å². The van der Waals surface area contributed by atoms with Gasteiger partial charge in [-0.15, -0.1) is 0 Å². The van der Waals surface area contributed by atoms with Gasteiger partial charge in [-0.3, -0.25) is 0 Å². The minimum atomic E-state index is 0.748. The molecule has 0 saturated heterocycles. The molecule has 0 fully saturated rings. The van der Waals surface area contributed by atoms with E-state index in [0.29, 0.717) is 0 Å². The van der Waals surface area contributed by atoms with Crippen LogP contribution in [0, 0.1) is 0 Å². The molecule has 0 saturated carbocycles. The fourth-order valence-electron chi connectivity index (χ4n) is 1.32. The third kappa shape index (κ3) is 3.27. The van der Waals surface area contributed by atoms with Gasteiger partial charge in [0.1, 0.15) is 5.94 Å². The van der Waals surface area contributed by atoms with Crippen LogP contribution in [-0.2, 0) is 11.2 Å². The number of rotatable bonds is 4. The topological polar surface area (TPSA) is 17.1 Å². The Kier molecular flexibility index (Phi) is 4.01. The second-order valence-electron chi connectivity index (χ2n) is 3.12. The molecule has 68 valence electrons. The summed E-state index contributed by atoms with van der Waals surface area (Å²) in [6.07, 6.45) is 2.62. The molecule has 0 aliphatic heterocycles. The zero-order valence-electron chi connectivity index (χ0n) is 7.92. The molecule has 1 heteroatoms. The van der Waals surface area contributed by atoms with Crippen molar-refractivity contribution in [2.45, 2.75) is 26.2 Å². The van der Waals surface area contributed by atoms with Gasteiger partial charge < -0.3 is 0 Å². The lowest BCUT2D eigenvalue weighted by atomic mass is 10.0. The molecule has 0 amide bonds. The summed E-state index contributed by atoms with van der Waals surface area (Å²) in [6, 6.07) is 10.0. The summed E-state index contributed by atoms with van der Waals surface area (Å²) >= 11 is 0. The SMILES string of the molecule is CCCC(=C=O)Cc1ccccc1. The molecule has 1 nitrogen and oxygen atoms in total. The smallest absolute Gasteiger partial charge is 0.123 e. The molecule has 0 spiro atoms. The quantitative estimate of drug-likeness (QED) is 0.641. The highest BCUT2D eigenvalue weighted by Crippen LogP contribution is 2.09. The zero-order valence-corrected chi connectivity index (χ0v) is 7.92. The molecular weight excluding hydrogens is 160 g/mol. The van der Waals surface area contributed by atoms with Crippen molar-refractivity contribution in [1.29, 1.82) is 0 Å². The number of benzene rings is 1. The van der Waals surface area contributed by atoms with Crippen LogP contribution in [0.3, 0.4) is 0 Å². The summed E-state index contributed by atoms with van der Waals surface area (Å²) in [7, 11) is 0. The Hall–Kier alpha value is -1.33. The van der Waals surface area contributed by atoms with Crippen molar-refractivity contribution in [3.05, 3.63) is 41.5 Å². The largest absolute Gasteiger partial charge is 0.234 e. The first kappa shape index (κ1) is 9.76. The van der Waals surface area contributed by atoms with Crippen LogP contribution >= 0.6 is 0 Å². The van der Waals surface area contributed by atoms with E-state index < -0.39 is 0 Å². The monoisotopic (exact) mass is 174 g/mol. The maximum Gasteiger partial charge on any atom is 0.123 e. The van der Waals surface area contributed by atoms with Gasteiger partial charge in [0.15, 0.2) is 0 Å². The lowest BCUT2D eigenvalue weighted by molar-refractivity contribution is 0.565. The van der Waals surface area contributed by atoms with Crippen LogP contribution in [0.2, 0.25) is 0 Å². The molecule has 0 heterocycles. The van der Waals surface area contributed by atoms with Crippen molar-refractivity contribution in [2.75, 3.05) is 0 Å². The van der Waals surface area contributed by atoms with E-state index in [1.807, 2.05) is 36.3 Å². The fraction of sp³-hybridized carbons (Fsp3) is 0.333. The average Bonchev–Trinajstić information content (AvgIpc) is 2.19. The van der Waals surface area contributed by atoms with E-state index in [9.17, 15) is 4.79 Å². The van der Waals surface area contributed by atoms with Gasteiger partial charge in [-0.05, 0) is 12.0 Å². The van der Waals surface area contributed by atoms with Crippen LogP contribution in [0.25, 0.3) is 0 Å². The molecule has 0 aliphatic rings. The second-order valence-corrected chi connectivity index (χ2v) is 3.12. The van der Waals surface area contributed by atoms with Crippen molar-refractivity contribution < 1.29 is 4.79 Å². The Morgan fingerprint density at radius 2 is 2.00 bits per heavy atom.